The Labute approximate surface area is 246 Å². The molecule has 3 N–H and O–H groups in total. The second-order valence-electron chi connectivity index (χ2n) is 9.61. The second kappa shape index (κ2) is 20.3. The fourth-order valence-corrected chi connectivity index (χ4v) is 3.54. The van der Waals surface area contributed by atoms with Crippen LogP contribution in [0.3, 0.4) is 0 Å². The van der Waals surface area contributed by atoms with E-state index < -0.39 is 18.8 Å². The Morgan fingerprint density at radius 1 is 1.00 bits per heavy atom. The maximum Gasteiger partial charge on any atom is 0.448 e. The topological polar surface area (TPSA) is 119 Å². The molecule has 2 aromatic carbocycles. The van der Waals surface area contributed by atoms with Crippen molar-refractivity contribution in [2.75, 3.05) is 24.5 Å². The highest BCUT2D eigenvalue weighted by Gasteiger charge is 2.30. The first-order valence-electron chi connectivity index (χ1n) is 14.2. The van der Waals surface area contributed by atoms with Gasteiger partial charge >= 0.3 is 13.2 Å². The van der Waals surface area contributed by atoms with Crippen LogP contribution in [0.15, 0.2) is 66.7 Å². The van der Waals surface area contributed by atoms with Crippen molar-refractivity contribution < 1.29 is 29.2 Å². The Morgan fingerprint density at radius 2 is 1.51 bits per heavy atom. The first kappa shape index (κ1) is 37.4. The van der Waals surface area contributed by atoms with Crippen molar-refractivity contribution in [3.8, 4) is 0 Å². The summed E-state index contributed by atoms with van der Waals surface area (Å²) in [6.07, 6.45) is 3.36. The molecule has 0 aromatic heterocycles. The minimum atomic E-state index is -1.17. The predicted molar refractivity (Wildman–Crippen MR) is 167 cm³/mol. The summed E-state index contributed by atoms with van der Waals surface area (Å²) >= 11 is 0. The van der Waals surface area contributed by atoms with E-state index in [0.717, 1.165) is 5.56 Å². The number of hydrogen-bond donors (Lipinski definition) is 3. The van der Waals surface area contributed by atoms with E-state index in [-0.39, 0.29) is 24.4 Å². The monoisotopic (exact) mass is 569 g/mol. The number of alkyl carbamates (subject to hydrolysis) is 1. The lowest BCUT2D eigenvalue weighted by atomic mass is 9.99. The van der Waals surface area contributed by atoms with E-state index in [1.165, 1.54) is 17.8 Å². The van der Waals surface area contributed by atoms with E-state index in [1.807, 2.05) is 76.2 Å². The van der Waals surface area contributed by atoms with E-state index in [2.05, 4.69) is 5.32 Å². The summed E-state index contributed by atoms with van der Waals surface area (Å²) in [5.41, 5.74) is 0.971. The summed E-state index contributed by atoms with van der Waals surface area (Å²) in [6, 6.07) is 18.5. The zero-order valence-corrected chi connectivity index (χ0v) is 25.8. The van der Waals surface area contributed by atoms with Crippen LogP contribution in [0.25, 0.3) is 6.08 Å². The van der Waals surface area contributed by atoms with Crippen molar-refractivity contribution in [3.63, 3.8) is 0 Å². The molecule has 0 saturated carbocycles. The molecule has 1 heterocycles. The number of nitrogens with one attached hydrogen (secondary N) is 1. The molecule has 0 spiro atoms. The van der Waals surface area contributed by atoms with Crippen molar-refractivity contribution >= 4 is 36.8 Å². The van der Waals surface area contributed by atoms with E-state index in [9.17, 15) is 14.4 Å². The van der Waals surface area contributed by atoms with Crippen LogP contribution in [-0.4, -0.2) is 71.3 Å². The lowest BCUT2D eigenvalue weighted by molar-refractivity contribution is -0.130. The van der Waals surface area contributed by atoms with Gasteiger partial charge < -0.3 is 25.0 Å². The van der Waals surface area contributed by atoms with Gasteiger partial charge in [0.1, 0.15) is 12.1 Å². The zero-order chi connectivity index (χ0) is 31.4. The van der Waals surface area contributed by atoms with Gasteiger partial charge in [-0.15, -0.1) is 0 Å². The summed E-state index contributed by atoms with van der Waals surface area (Å²) in [4.78, 5) is 41.2. The number of anilines is 1. The molecule has 1 aliphatic heterocycles. The minimum Gasteiger partial charge on any atom is -0.444 e. The highest BCUT2D eigenvalue weighted by atomic mass is 16.6. The third-order valence-corrected chi connectivity index (χ3v) is 5.11. The molecule has 0 bridgehead atoms. The highest BCUT2D eigenvalue weighted by molar-refractivity contribution is 6.38. The Morgan fingerprint density at radius 3 is 2.02 bits per heavy atom. The molecule has 3 rings (SSSR count). The normalized spacial score (nSPS) is 13.8. The van der Waals surface area contributed by atoms with E-state index in [0.29, 0.717) is 25.2 Å². The number of ether oxygens (including phenoxy) is 1. The number of para-hydroxylation sites is 1. The minimum absolute atomic E-state index is 0.0822. The first-order chi connectivity index (χ1) is 19.4. The Bertz CT molecular complexity index is 1040. The molecule has 9 nitrogen and oxygen atoms in total. The molecule has 1 fully saturated rings. The third-order valence-electron chi connectivity index (χ3n) is 5.11. The Balaban J connectivity index is 0.00000180. The van der Waals surface area contributed by atoms with Crippen molar-refractivity contribution in [1.29, 1.82) is 0 Å². The largest absolute Gasteiger partial charge is 0.448 e. The van der Waals surface area contributed by atoms with Gasteiger partial charge in [-0.1, -0.05) is 76.2 Å². The van der Waals surface area contributed by atoms with E-state index in [1.54, 1.807) is 43.9 Å². The van der Waals surface area contributed by atoms with Crippen LogP contribution >= 0.6 is 0 Å². The fourth-order valence-electron chi connectivity index (χ4n) is 3.54. The van der Waals surface area contributed by atoms with Crippen molar-refractivity contribution in [1.82, 2.24) is 10.2 Å². The summed E-state index contributed by atoms with van der Waals surface area (Å²) in [5.74, 6) is -0.449. The summed E-state index contributed by atoms with van der Waals surface area (Å²) in [7, 11) is -1.17. The van der Waals surface area contributed by atoms with Gasteiger partial charge in [-0.05, 0) is 57.8 Å². The van der Waals surface area contributed by atoms with Crippen LogP contribution in [0.2, 0.25) is 6.82 Å². The summed E-state index contributed by atoms with van der Waals surface area (Å²) < 4.78 is 5.30. The van der Waals surface area contributed by atoms with Gasteiger partial charge in [0, 0.05) is 24.9 Å². The highest BCUT2D eigenvalue weighted by Crippen LogP contribution is 2.17. The van der Waals surface area contributed by atoms with Crippen LogP contribution in [0, 0.1) is 0 Å². The zero-order valence-electron chi connectivity index (χ0n) is 25.8. The fraction of sp³-hybridized carbons (Fsp3) is 0.452. The summed E-state index contributed by atoms with van der Waals surface area (Å²) in [5, 5.41) is 18.0. The number of amides is 3. The maximum atomic E-state index is 13.0. The predicted octanol–water partition coefficient (Wildman–Crippen LogP) is 5.00. The smallest absolute Gasteiger partial charge is 0.444 e. The maximum absolute atomic E-state index is 13.0. The van der Waals surface area contributed by atoms with E-state index in [4.69, 9.17) is 14.8 Å². The second-order valence-corrected chi connectivity index (χ2v) is 9.61. The first-order valence-corrected chi connectivity index (χ1v) is 14.2. The molecule has 10 heteroatoms. The molecule has 2 aromatic rings. The molecule has 1 aliphatic rings. The number of rotatable bonds is 6. The van der Waals surface area contributed by atoms with Gasteiger partial charge in [0.15, 0.2) is 0 Å². The van der Waals surface area contributed by atoms with Crippen molar-refractivity contribution in [2.45, 2.75) is 73.4 Å². The van der Waals surface area contributed by atoms with Gasteiger partial charge in [-0.3, -0.25) is 14.5 Å². The Kier molecular flexibility index (Phi) is 18.5. The number of likely N-dealkylation sites (tertiary alicyclic amines) is 1. The molecule has 226 valence electrons. The number of hydrogen-bond acceptors (Lipinski definition) is 6. The van der Waals surface area contributed by atoms with Crippen LogP contribution in [0.1, 0.15) is 60.5 Å². The van der Waals surface area contributed by atoms with Gasteiger partial charge in [-0.2, -0.15) is 0 Å². The number of nitrogens with zero attached hydrogens (tertiary/aromatic N) is 2. The average Bonchev–Trinajstić information content (AvgIpc) is 3.40. The van der Waals surface area contributed by atoms with Gasteiger partial charge in [-0.25, -0.2) is 4.79 Å². The molecule has 3 amide bonds. The van der Waals surface area contributed by atoms with Crippen molar-refractivity contribution in [2.24, 2.45) is 0 Å². The molecule has 0 unspecified atom stereocenters. The molecule has 0 radical (unpaired) electrons. The molecule has 0 aliphatic carbocycles. The van der Waals surface area contributed by atoms with Crippen LogP contribution < -0.4 is 10.2 Å². The molecular weight excluding hydrogens is 521 g/mol. The Hall–Kier alpha value is -3.63. The van der Waals surface area contributed by atoms with E-state index >= 15 is 0 Å². The molecule has 1 atom stereocenters. The van der Waals surface area contributed by atoms with Gasteiger partial charge in [0.05, 0.1) is 6.04 Å². The number of benzene rings is 2. The lowest BCUT2D eigenvalue weighted by Crippen LogP contribution is -2.44. The van der Waals surface area contributed by atoms with Crippen LogP contribution in [-0.2, 0) is 14.3 Å². The van der Waals surface area contributed by atoms with Crippen LogP contribution in [0.5, 0.6) is 0 Å². The SMILES string of the molecule is CB(O)O.CC.CC.CC(C)(C)OC(=O)N[C@H]1CCN(C(=O)CN(C(=O)/C=C/c2ccccc2)c2ccccc2)C1. The number of carbonyl (C=O) groups is 3. The van der Waals surface area contributed by atoms with Gasteiger partial charge in [0.2, 0.25) is 5.91 Å². The molecular formula is C31H48BN3O6. The summed E-state index contributed by atoms with van der Waals surface area (Å²) in [6.45, 7) is 15.5. The molecule has 1 saturated heterocycles. The number of carbonyl (C=O) groups excluding carboxylic acids is 3. The van der Waals surface area contributed by atoms with Crippen LogP contribution in [0.4, 0.5) is 10.5 Å². The third kappa shape index (κ3) is 16.3. The molecule has 41 heavy (non-hydrogen) atoms. The van der Waals surface area contributed by atoms with Gasteiger partial charge in [0.25, 0.3) is 5.91 Å². The quantitative estimate of drug-likeness (QED) is 0.333. The lowest BCUT2D eigenvalue weighted by Gasteiger charge is -2.25. The average molecular weight is 570 g/mol. The van der Waals surface area contributed by atoms with Crippen molar-refractivity contribution in [3.05, 3.63) is 72.3 Å². The standard InChI is InChI=1S/C26H31N3O4.2C2H6.CH5BO2/c1-26(2,3)33-25(32)27-21-16-17-28(18-21)24(31)19-29(22-12-8-5-9-13-22)23(30)15-14-20-10-6-4-7-11-20;2*1-2;1-2(3)4/h4-15,21H,16-19H2,1-3H3,(H,27,32);2*1-2H3;3-4H,1H3/b15-14+;;;/t21-;;;/m0.../s1.